The number of carbonyl (C=O) groups excluding carboxylic acids is 2. The maximum Gasteiger partial charge on any atom is 0.278 e. The molecule has 0 aromatic carbocycles. The van der Waals surface area contributed by atoms with Crippen LogP contribution < -0.4 is 0 Å². The number of allylic oxidation sites excluding steroid dienone is 2. The van der Waals surface area contributed by atoms with Crippen LogP contribution in [0.4, 0.5) is 0 Å². The van der Waals surface area contributed by atoms with Crippen molar-refractivity contribution in [3.8, 4) is 0 Å². The van der Waals surface area contributed by atoms with Crippen molar-refractivity contribution >= 4 is 11.9 Å². The van der Waals surface area contributed by atoms with Crippen molar-refractivity contribution in [2.24, 2.45) is 11.8 Å². The fraction of sp³-hybridized carbons (Fsp3) is 0.400. The van der Waals surface area contributed by atoms with Crippen LogP contribution in [0, 0.1) is 26.1 Å². The predicted molar refractivity (Wildman–Crippen MR) is 48.3 cm³/mol. The summed E-state index contributed by atoms with van der Waals surface area (Å²) in [5.41, 5.74) is 0. The summed E-state index contributed by atoms with van der Waals surface area (Å²) in [6.45, 7) is 0. The van der Waals surface area contributed by atoms with Crippen LogP contribution in [-0.2, 0) is 84.5 Å². The third kappa shape index (κ3) is 5.03. The first-order chi connectivity index (χ1) is 6.70. The number of esters is 2. The van der Waals surface area contributed by atoms with Gasteiger partial charge in [-0.05, 0) is 12.8 Å². The van der Waals surface area contributed by atoms with Gasteiger partial charge in [-0.3, -0.25) is 9.59 Å². The molecule has 0 fully saturated rings. The molecule has 1 rings (SSSR count). The minimum atomic E-state index is -0.494. The zero-order chi connectivity index (χ0) is 10.6. The molecule has 2 radical (unpaired) electrons. The van der Waals surface area contributed by atoms with Gasteiger partial charge in [0.1, 0.15) is 0 Å². The van der Waals surface area contributed by atoms with Gasteiger partial charge in [-0.1, -0.05) is 12.2 Å². The summed E-state index contributed by atoms with van der Waals surface area (Å²) in [6, 6.07) is 0. The second-order valence-electron chi connectivity index (χ2n) is 3.08. The van der Waals surface area contributed by atoms with Crippen molar-refractivity contribution in [1.82, 2.24) is 0 Å². The molecule has 0 heterocycles. The molecule has 2 atom stereocenters. The Morgan fingerprint density at radius 1 is 0.938 bits per heavy atom. The average Bonchev–Trinajstić information content (AvgIpc) is 2.27. The van der Waals surface area contributed by atoms with Crippen LogP contribution in [-0.4, -0.2) is 11.9 Å². The molecule has 0 aliphatic heterocycles. The molecule has 6 heteroatoms. The minimum absolute atomic E-state index is 0. The van der Waals surface area contributed by atoms with Crippen molar-refractivity contribution in [2.75, 3.05) is 0 Å². The van der Waals surface area contributed by atoms with Gasteiger partial charge in [-0.15, -0.1) is 0 Å². The number of carbonyl (C=O) groups is 2. The van der Waals surface area contributed by atoms with Crippen molar-refractivity contribution in [3.05, 3.63) is 26.4 Å². The third-order valence-corrected chi connectivity index (χ3v) is 2.32. The fourth-order valence-corrected chi connectivity index (χ4v) is 1.55. The van der Waals surface area contributed by atoms with Crippen molar-refractivity contribution in [1.29, 1.82) is 0 Å². The molecule has 2 unspecified atom stereocenters. The Balaban J connectivity index is 0. The molecule has 4 nitrogen and oxygen atoms in total. The molecule has 0 amide bonds. The maximum atomic E-state index is 11.3. The summed E-state index contributed by atoms with van der Waals surface area (Å²) < 4.78 is 8.73. The largest absolute Gasteiger partial charge is 0.640 e. The van der Waals surface area contributed by atoms with E-state index in [0.717, 1.165) is 0 Å². The van der Waals surface area contributed by atoms with E-state index in [0.29, 0.717) is 12.8 Å². The molecule has 0 spiro atoms. The van der Waals surface area contributed by atoms with E-state index in [1.165, 1.54) is 0 Å². The molecular weight excluding hydrogens is 362 g/mol. The van der Waals surface area contributed by atoms with Gasteiger partial charge < -0.3 is 9.47 Å². The second kappa shape index (κ2) is 9.87. The molecule has 16 heavy (non-hydrogen) atoms. The maximum absolute atomic E-state index is 11.3. The fourth-order valence-electron chi connectivity index (χ4n) is 1.55. The van der Waals surface area contributed by atoms with Crippen molar-refractivity contribution in [2.45, 2.75) is 12.8 Å². The Bertz CT molecular complexity index is 240. The van der Waals surface area contributed by atoms with E-state index in [1.54, 1.807) is 0 Å². The Labute approximate surface area is 146 Å². The van der Waals surface area contributed by atoms with Crippen LogP contribution in [0.5, 0.6) is 0 Å². The first-order valence-corrected chi connectivity index (χ1v) is 4.27. The van der Waals surface area contributed by atoms with Gasteiger partial charge in [0, 0.05) is 65.4 Å². The number of rotatable bonds is 2. The number of hydrogen-bond acceptors (Lipinski definition) is 4. The van der Waals surface area contributed by atoms with Crippen LogP contribution in [0.25, 0.3) is 0 Å². The molecule has 0 aromatic rings. The molecule has 1 aliphatic carbocycles. The zero-order valence-corrected chi connectivity index (χ0v) is 14.6. The van der Waals surface area contributed by atoms with Gasteiger partial charge >= 0.3 is 0 Å². The van der Waals surface area contributed by atoms with Gasteiger partial charge in [0.2, 0.25) is 0 Å². The van der Waals surface area contributed by atoms with Crippen molar-refractivity contribution < 1.29 is 84.5 Å². The van der Waals surface area contributed by atoms with E-state index >= 15 is 0 Å². The van der Waals surface area contributed by atoms with Gasteiger partial charge in [0.05, 0.1) is 11.8 Å². The Kier molecular flexibility index (Phi) is 11.9. The summed E-state index contributed by atoms with van der Waals surface area (Å²) in [5, 5.41) is 0. The van der Waals surface area contributed by atoms with E-state index in [2.05, 4.69) is 23.7 Å². The van der Waals surface area contributed by atoms with Crippen LogP contribution in [0.15, 0.2) is 12.2 Å². The number of ether oxygens (including phenoxy) is 2. The van der Waals surface area contributed by atoms with Crippen molar-refractivity contribution in [3.63, 3.8) is 0 Å². The molecule has 0 aromatic heterocycles. The summed E-state index contributed by atoms with van der Waals surface area (Å²) in [6.07, 6.45) is 4.64. The molecular formula is C10H12O4Y2-2. The second-order valence-corrected chi connectivity index (χ2v) is 3.08. The topological polar surface area (TPSA) is 52.6 Å². The van der Waals surface area contributed by atoms with Gasteiger partial charge in [-0.25, -0.2) is 0 Å². The summed E-state index contributed by atoms with van der Waals surface area (Å²) in [4.78, 5) is 22.5. The van der Waals surface area contributed by atoms with E-state index in [1.807, 2.05) is 12.2 Å². The molecule has 0 N–H and O–H groups in total. The molecule has 1 aliphatic rings. The first-order valence-electron chi connectivity index (χ1n) is 4.27. The van der Waals surface area contributed by atoms with E-state index in [4.69, 9.17) is 0 Å². The molecule has 0 saturated heterocycles. The summed E-state index contributed by atoms with van der Waals surface area (Å²) in [5.74, 6) is -1.95. The minimum Gasteiger partial charge on any atom is -0.640 e. The molecule has 84 valence electrons. The van der Waals surface area contributed by atoms with E-state index < -0.39 is 23.8 Å². The molecule has 0 saturated carbocycles. The summed E-state index contributed by atoms with van der Waals surface area (Å²) in [7, 11) is 6.08. The van der Waals surface area contributed by atoms with Gasteiger partial charge in [0.15, 0.2) is 0 Å². The Morgan fingerprint density at radius 2 is 1.25 bits per heavy atom. The van der Waals surface area contributed by atoms with Crippen LogP contribution in [0.2, 0.25) is 0 Å². The standard InChI is InChI=1S/C10H12O4.2Y/c1-13-9(11)7-5-3-4-6-8(7)10(12)14-2;;/h3-4,7-8H,1-2,5-6H2;;/q-2;;. The van der Waals surface area contributed by atoms with Crippen LogP contribution >= 0.6 is 0 Å². The van der Waals surface area contributed by atoms with Crippen LogP contribution in [0.3, 0.4) is 0 Å². The zero-order valence-electron chi connectivity index (χ0n) is 8.93. The SMILES string of the molecule is [CH2-]OC(=O)C1CC=CCC1C(=O)O[CH2-].[Y].[Y]. The Morgan fingerprint density at radius 3 is 1.50 bits per heavy atom. The van der Waals surface area contributed by atoms with E-state index in [-0.39, 0.29) is 65.4 Å². The third-order valence-electron chi connectivity index (χ3n) is 2.32. The Hall–Kier alpha value is 0.888. The van der Waals surface area contributed by atoms with Crippen LogP contribution in [0.1, 0.15) is 12.8 Å². The molecule has 0 bridgehead atoms. The average molecular weight is 374 g/mol. The number of hydrogen-bond donors (Lipinski definition) is 0. The normalized spacial score (nSPS) is 22.4. The smallest absolute Gasteiger partial charge is 0.278 e. The monoisotopic (exact) mass is 374 g/mol. The van der Waals surface area contributed by atoms with Gasteiger partial charge in [0.25, 0.3) is 11.9 Å². The van der Waals surface area contributed by atoms with E-state index in [9.17, 15) is 9.59 Å². The first kappa shape index (κ1) is 19.2. The summed E-state index contributed by atoms with van der Waals surface area (Å²) >= 11 is 0. The predicted octanol–water partition coefficient (Wildman–Crippen LogP) is 1.23. The van der Waals surface area contributed by atoms with Gasteiger partial charge in [-0.2, -0.15) is 14.2 Å². The quantitative estimate of drug-likeness (QED) is 0.415.